The molecule has 4 aromatic rings. The highest BCUT2D eigenvalue weighted by molar-refractivity contribution is 6.01. The van der Waals surface area contributed by atoms with Gasteiger partial charge in [-0.1, -0.05) is 64.4 Å². The highest BCUT2D eigenvalue weighted by Gasteiger charge is 2.43. The fourth-order valence-corrected chi connectivity index (χ4v) is 11.4. The molecular formula is C69H98N18O21. The van der Waals surface area contributed by atoms with Gasteiger partial charge in [0.15, 0.2) is 0 Å². The Bertz CT molecular complexity index is 3830. The first-order chi connectivity index (χ1) is 51.1. The van der Waals surface area contributed by atoms with Crippen molar-refractivity contribution in [3.05, 3.63) is 84.1 Å². The van der Waals surface area contributed by atoms with Gasteiger partial charge in [0.1, 0.15) is 66.2 Å². The van der Waals surface area contributed by atoms with Crippen LogP contribution in [0.15, 0.2) is 67.3 Å². The number of carboxylic acid groups (broad SMARTS) is 3. The second-order valence-corrected chi connectivity index (χ2v) is 26.5. The number of phenolic OH excluding ortho intramolecular Hbond substituents is 1. The highest BCUT2D eigenvalue weighted by atomic mass is 16.4. The Kier molecular flexibility index (Phi) is 34.3. The average Bonchev–Trinajstić information content (AvgIpc) is 1.63. The van der Waals surface area contributed by atoms with Gasteiger partial charge in [-0.2, -0.15) is 0 Å². The molecule has 0 aliphatic carbocycles. The Morgan fingerprint density at radius 3 is 1.73 bits per heavy atom. The number of amides is 13. The Labute approximate surface area is 619 Å². The number of nitrogens with zero attached hydrogens (tertiary/aromatic N) is 2. The lowest BCUT2D eigenvalue weighted by Crippen LogP contribution is -2.61. The quantitative estimate of drug-likeness (QED) is 0.0184. The summed E-state index contributed by atoms with van der Waals surface area (Å²) in [5, 5.41) is 79.6. The number of rotatable bonds is 44. The topological polar surface area (TPSA) is 618 Å². The standard InChI is InChI=1S/C69H98N18O21/c1-7-35(4)57(67(105)81-47(26-54(93)94)62(100)83-49(69(107)108)23-38-17-19-41(89)20-18-38)85-64(102)50-16-12-22-87(50)68(106)48(27-55(95)96)82-61(99)45(24-39-28-73-43-14-9-8-13-42(39)43)80-66(104)56(34(2)3)84-53(92)32-75-51(90)30-74-52(91)31-76-65(103)58(37(6)88)86-63(101)46(25-40-29-72-33-77-40)79-60(98)44(15-10-11-21-70)78-59(97)36(5)71/h8-9,13-14,17-20,28-29,33-37,44-50,56-58,73,88-89H,7,10-12,15-16,21-27,30-32,70-71H2,1-6H3,(H,72,77)(H,74,91)(H,75,90)(H,76,103)(H,78,97)(H,79,98)(H,80,104)(H,81,105)(H,82,99)(H,83,100)(H,84,92)(H,85,102)(H,86,101)(H,93,94)(H,95,96)(H,107,108)/t35-,36-,37+,44-,45-,46-,47-,48-,49-,50-,56-,57-,58-/m0/s1. The van der Waals surface area contributed by atoms with Crippen LogP contribution in [0.1, 0.15) is 110 Å². The van der Waals surface area contributed by atoms with E-state index in [-0.39, 0.29) is 57.2 Å². The van der Waals surface area contributed by atoms with Crippen molar-refractivity contribution >= 4 is 106 Å². The van der Waals surface area contributed by atoms with E-state index in [2.05, 4.69) is 78.8 Å². The fraction of sp³-hybridized carbons (Fsp3) is 0.522. The summed E-state index contributed by atoms with van der Waals surface area (Å²) in [6, 6.07) is -4.34. The van der Waals surface area contributed by atoms with E-state index in [1.165, 1.54) is 50.6 Å². The first-order valence-electron chi connectivity index (χ1n) is 35.1. The number of nitrogens with two attached hydrogens (primary N) is 2. The van der Waals surface area contributed by atoms with Crippen molar-refractivity contribution in [2.45, 2.75) is 185 Å². The maximum Gasteiger partial charge on any atom is 0.326 e. The van der Waals surface area contributed by atoms with Crippen LogP contribution in [0.3, 0.4) is 0 Å². The summed E-state index contributed by atoms with van der Waals surface area (Å²) in [6.45, 7) is 6.69. The van der Waals surface area contributed by atoms with E-state index >= 15 is 0 Å². The maximum atomic E-state index is 14.7. The zero-order valence-electron chi connectivity index (χ0n) is 60.6. The number of H-pyrrole nitrogens is 2. The molecule has 39 heteroatoms. The van der Waals surface area contributed by atoms with Crippen LogP contribution in [0, 0.1) is 11.8 Å². The molecule has 0 radical (unpaired) electrons. The number of aromatic hydroxyl groups is 1. The summed E-state index contributed by atoms with van der Waals surface area (Å²) < 4.78 is 0. The number of likely N-dealkylation sites (tertiary alicyclic amines) is 1. The number of carbonyl (C=O) groups is 16. The van der Waals surface area contributed by atoms with Gasteiger partial charge in [0, 0.05) is 54.8 Å². The molecule has 13 atom stereocenters. The van der Waals surface area contributed by atoms with Gasteiger partial charge in [-0.15, -0.1) is 0 Å². The zero-order chi connectivity index (χ0) is 80.1. The van der Waals surface area contributed by atoms with Gasteiger partial charge in [0.2, 0.25) is 76.8 Å². The molecule has 1 fully saturated rings. The van der Waals surface area contributed by atoms with Crippen LogP contribution in [0.25, 0.3) is 10.9 Å². The molecule has 3 heterocycles. The van der Waals surface area contributed by atoms with Crippen molar-refractivity contribution in [3.8, 4) is 5.75 Å². The summed E-state index contributed by atoms with van der Waals surface area (Å²) in [5.41, 5.74) is 13.2. The predicted octanol–water partition coefficient (Wildman–Crippen LogP) is -5.08. The largest absolute Gasteiger partial charge is 0.508 e. The van der Waals surface area contributed by atoms with Crippen LogP contribution in [0.4, 0.5) is 0 Å². The summed E-state index contributed by atoms with van der Waals surface area (Å²) in [7, 11) is 0. The number of aromatic amines is 2. The van der Waals surface area contributed by atoms with Crippen molar-refractivity contribution < 1.29 is 102 Å². The van der Waals surface area contributed by atoms with Crippen LogP contribution < -0.4 is 75.3 Å². The van der Waals surface area contributed by atoms with E-state index in [0.29, 0.717) is 47.1 Å². The third kappa shape index (κ3) is 27.4. The summed E-state index contributed by atoms with van der Waals surface area (Å²) in [4.78, 5) is 226. The lowest BCUT2D eigenvalue weighted by molar-refractivity contribution is -0.146. The van der Waals surface area contributed by atoms with Crippen molar-refractivity contribution in [3.63, 3.8) is 0 Å². The minimum atomic E-state index is -1.91. The molecule has 2 aromatic heterocycles. The van der Waals surface area contributed by atoms with Gasteiger partial charge in [0.05, 0.1) is 50.9 Å². The van der Waals surface area contributed by atoms with E-state index in [1.54, 1.807) is 58.2 Å². The number of aliphatic hydroxyl groups excluding tert-OH is 1. The SMILES string of the molecule is CC[C@H](C)[C@H](NC(=O)[C@@H]1CCCN1C(=O)[C@H](CC(=O)O)NC(=O)[C@H](Cc1c[nH]c2ccccc12)NC(=O)[C@@H](NC(=O)CNC(=O)CNC(=O)CNC(=O)[C@@H](NC(=O)[C@H](Cc1cnc[nH]1)NC(=O)[C@H](CCCCN)NC(=O)[C@H](C)N)[C@@H](C)O)C(C)C)C(=O)N[C@@H](CC(=O)O)C(=O)N[C@@H](Cc1ccc(O)cc1)C(=O)O. The van der Waals surface area contributed by atoms with Crippen LogP contribution in [0.5, 0.6) is 5.75 Å². The number of hydrogen-bond acceptors (Lipinski definition) is 21. The molecule has 1 aliphatic heterocycles. The number of carboxylic acids is 3. The minimum Gasteiger partial charge on any atom is -0.508 e. The van der Waals surface area contributed by atoms with Crippen LogP contribution >= 0.6 is 0 Å². The predicted molar refractivity (Wildman–Crippen MR) is 382 cm³/mol. The summed E-state index contributed by atoms with van der Waals surface area (Å²) >= 11 is 0. The fourth-order valence-electron chi connectivity index (χ4n) is 11.4. The number of para-hydroxylation sites is 1. The van der Waals surface area contributed by atoms with Gasteiger partial charge in [-0.3, -0.25) is 71.9 Å². The molecule has 39 nitrogen and oxygen atoms in total. The molecule has 2 aromatic carbocycles. The average molecular weight is 1520 g/mol. The molecule has 1 aliphatic rings. The minimum absolute atomic E-state index is 0.0364. The van der Waals surface area contributed by atoms with Gasteiger partial charge in [-0.25, -0.2) is 9.78 Å². The lowest BCUT2D eigenvalue weighted by Gasteiger charge is -2.32. The van der Waals surface area contributed by atoms with Gasteiger partial charge >= 0.3 is 17.9 Å². The molecule has 0 unspecified atom stereocenters. The molecule has 108 heavy (non-hydrogen) atoms. The number of aliphatic hydroxyl groups is 1. The van der Waals surface area contributed by atoms with Crippen LogP contribution in [-0.2, 0) is 96.0 Å². The first kappa shape index (κ1) is 87.0. The van der Waals surface area contributed by atoms with Crippen LogP contribution in [-0.4, -0.2) is 245 Å². The molecule has 1 saturated heterocycles. The Balaban J connectivity index is 1.22. The van der Waals surface area contributed by atoms with E-state index in [1.807, 2.05) is 0 Å². The second kappa shape index (κ2) is 42.5. The maximum absolute atomic E-state index is 14.7. The number of aromatic nitrogens is 3. The molecule has 13 amide bonds. The summed E-state index contributed by atoms with van der Waals surface area (Å²) in [5.74, 6) is -18.7. The number of phenols is 1. The number of hydrogen-bond donors (Lipinski definition) is 21. The van der Waals surface area contributed by atoms with Crippen LogP contribution in [0.2, 0.25) is 0 Å². The third-order valence-electron chi connectivity index (χ3n) is 17.6. The Morgan fingerprint density at radius 1 is 0.574 bits per heavy atom. The number of nitrogens with one attached hydrogen (secondary N) is 14. The first-order valence-corrected chi connectivity index (χ1v) is 35.1. The van der Waals surface area contributed by atoms with Gasteiger partial charge < -0.3 is 116 Å². The van der Waals surface area contributed by atoms with Crippen molar-refractivity contribution in [2.75, 3.05) is 32.7 Å². The number of aliphatic carboxylic acids is 3. The zero-order valence-corrected chi connectivity index (χ0v) is 60.6. The normalized spacial score (nSPS) is 15.9. The molecule has 0 bridgehead atoms. The van der Waals surface area contributed by atoms with Crippen molar-refractivity contribution in [1.82, 2.24) is 83.7 Å². The number of benzene rings is 2. The number of fused-ring (bicyclic) bond motifs is 1. The molecule has 0 saturated carbocycles. The Morgan fingerprint density at radius 2 is 1.13 bits per heavy atom. The number of carbonyl (C=O) groups excluding carboxylic acids is 13. The molecule has 23 N–H and O–H groups in total. The summed E-state index contributed by atoms with van der Waals surface area (Å²) in [6.07, 6.45) is 1.22. The lowest BCUT2D eigenvalue weighted by atomic mass is 9.97. The van der Waals surface area contributed by atoms with Crippen molar-refractivity contribution in [2.24, 2.45) is 23.3 Å². The molecule has 5 rings (SSSR count). The number of imidazole rings is 1. The molecule has 0 spiro atoms. The van der Waals surface area contributed by atoms with Crippen molar-refractivity contribution in [1.29, 1.82) is 0 Å². The monoisotopic (exact) mass is 1510 g/mol. The smallest absolute Gasteiger partial charge is 0.326 e. The Hall–Kier alpha value is -11.6. The van der Waals surface area contributed by atoms with E-state index < -0.39 is 212 Å². The third-order valence-corrected chi connectivity index (χ3v) is 17.6. The highest BCUT2D eigenvalue weighted by Crippen LogP contribution is 2.23. The van der Waals surface area contributed by atoms with E-state index in [4.69, 9.17) is 11.5 Å². The van der Waals surface area contributed by atoms with E-state index in [0.717, 1.165) is 4.90 Å². The molecule has 590 valence electrons. The van der Waals surface area contributed by atoms with Gasteiger partial charge in [-0.05, 0) is 93.7 Å². The molecular weight excluding hydrogens is 1420 g/mol. The number of unbranched alkanes of at least 4 members (excludes halogenated alkanes) is 1. The second-order valence-electron chi connectivity index (χ2n) is 26.5. The van der Waals surface area contributed by atoms with E-state index in [9.17, 15) is 102 Å². The van der Waals surface area contributed by atoms with Gasteiger partial charge in [0.25, 0.3) is 0 Å².